The van der Waals surface area contributed by atoms with Crippen LogP contribution >= 0.6 is 0 Å². The summed E-state index contributed by atoms with van der Waals surface area (Å²) in [6.45, 7) is 3.33. The summed E-state index contributed by atoms with van der Waals surface area (Å²) in [7, 11) is 1.95. The Morgan fingerprint density at radius 3 is 1.14 bits per heavy atom. The first-order valence-electron chi connectivity index (χ1n) is 9.73. The molecule has 0 heterocycles. The molecule has 0 unspecified atom stereocenters. The van der Waals surface area contributed by atoms with Crippen molar-refractivity contribution in [3.8, 4) is 0 Å². The SMILES string of the molecule is BN(N)CCCCCCCCCCCCCCCCCC. The van der Waals surface area contributed by atoms with Gasteiger partial charge in [0.2, 0.25) is 7.98 Å². The van der Waals surface area contributed by atoms with Crippen molar-refractivity contribution in [1.82, 2.24) is 4.92 Å². The van der Waals surface area contributed by atoms with Crippen molar-refractivity contribution in [3.63, 3.8) is 0 Å². The van der Waals surface area contributed by atoms with Crippen molar-refractivity contribution in [2.75, 3.05) is 6.54 Å². The molecule has 0 atom stereocenters. The lowest BCUT2D eigenvalue weighted by atomic mass is 10.0. The van der Waals surface area contributed by atoms with Gasteiger partial charge in [-0.3, -0.25) is 10.8 Å². The van der Waals surface area contributed by atoms with Crippen LogP contribution in [0.5, 0.6) is 0 Å². The molecule has 0 saturated heterocycles. The quantitative estimate of drug-likeness (QED) is 0.178. The van der Waals surface area contributed by atoms with Crippen LogP contribution in [0.2, 0.25) is 0 Å². The van der Waals surface area contributed by atoms with Gasteiger partial charge in [0.05, 0.1) is 0 Å². The van der Waals surface area contributed by atoms with Crippen LogP contribution in [0.3, 0.4) is 0 Å². The third-order valence-electron chi connectivity index (χ3n) is 4.36. The number of hydrogen-bond acceptors (Lipinski definition) is 2. The van der Waals surface area contributed by atoms with E-state index in [9.17, 15) is 0 Å². The zero-order chi connectivity index (χ0) is 15.6. The van der Waals surface area contributed by atoms with E-state index in [1.165, 1.54) is 103 Å². The van der Waals surface area contributed by atoms with E-state index in [-0.39, 0.29) is 0 Å². The molecule has 0 spiro atoms. The molecule has 0 rings (SSSR count). The molecule has 0 saturated carbocycles. The predicted octanol–water partition coefficient (Wildman–Crippen LogP) is 4.97. The standard InChI is InChI=1S/C18H41BN2/c1-2-3-4-5-6-7-8-9-10-11-12-13-14-15-16-17-18-21(19)20/h2-20H2,1H3. The molecule has 126 valence electrons. The van der Waals surface area contributed by atoms with Crippen LogP contribution in [-0.4, -0.2) is 19.4 Å². The summed E-state index contributed by atoms with van der Waals surface area (Å²) >= 11 is 0. The Kier molecular flexibility index (Phi) is 18.0. The number of hydrogen-bond donors (Lipinski definition) is 1. The van der Waals surface area contributed by atoms with Crippen molar-refractivity contribution < 1.29 is 0 Å². The van der Waals surface area contributed by atoms with Crippen LogP contribution in [0.4, 0.5) is 0 Å². The average Bonchev–Trinajstić information content (AvgIpc) is 2.46. The maximum absolute atomic E-state index is 5.59. The minimum Gasteiger partial charge on any atom is -0.295 e. The fraction of sp³-hybridized carbons (Fsp3) is 1.00. The van der Waals surface area contributed by atoms with Crippen LogP contribution < -0.4 is 5.84 Å². The number of unbranched alkanes of at least 4 members (excludes halogenated alkanes) is 15. The lowest BCUT2D eigenvalue weighted by Gasteiger charge is -2.08. The molecule has 0 aliphatic heterocycles. The molecule has 0 aromatic heterocycles. The van der Waals surface area contributed by atoms with Gasteiger partial charge >= 0.3 is 0 Å². The minimum atomic E-state index is 1.04. The van der Waals surface area contributed by atoms with Crippen LogP contribution in [0, 0.1) is 0 Å². The van der Waals surface area contributed by atoms with E-state index in [1.54, 1.807) is 4.92 Å². The number of nitrogens with zero attached hydrogens (tertiary/aromatic N) is 1. The number of rotatable bonds is 17. The molecule has 21 heavy (non-hydrogen) atoms. The van der Waals surface area contributed by atoms with Gasteiger partial charge in [-0.25, -0.2) is 0 Å². The van der Waals surface area contributed by atoms with E-state index >= 15 is 0 Å². The zero-order valence-electron chi connectivity index (χ0n) is 15.0. The summed E-state index contributed by atoms with van der Waals surface area (Å²) in [4.78, 5) is 1.80. The summed E-state index contributed by atoms with van der Waals surface area (Å²) in [5.41, 5.74) is 0. The molecule has 0 radical (unpaired) electrons. The predicted molar refractivity (Wildman–Crippen MR) is 99.0 cm³/mol. The minimum absolute atomic E-state index is 1.04. The van der Waals surface area contributed by atoms with Crippen LogP contribution in [0.15, 0.2) is 0 Å². The first-order valence-corrected chi connectivity index (χ1v) is 9.73. The van der Waals surface area contributed by atoms with E-state index in [0.717, 1.165) is 6.54 Å². The molecule has 0 amide bonds. The Labute approximate surface area is 135 Å². The van der Waals surface area contributed by atoms with Gasteiger partial charge in [-0.05, 0) is 13.0 Å². The fourth-order valence-corrected chi connectivity index (χ4v) is 2.91. The Morgan fingerprint density at radius 1 is 0.571 bits per heavy atom. The topological polar surface area (TPSA) is 29.3 Å². The molecule has 0 aliphatic rings. The van der Waals surface area contributed by atoms with E-state index in [4.69, 9.17) is 5.84 Å². The molecular weight excluding hydrogens is 255 g/mol. The van der Waals surface area contributed by atoms with Gasteiger partial charge in [0.25, 0.3) is 0 Å². The maximum Gasteiger partial charge on any atom is 0.205 e. The third-order valence-corrected chi connectivity index (χ3v) is 4.36. The molecule has 0 bridgehead atoms. The van der Waals surface area contributed by atoms with E-state index in [2.05, 4.69) is 6.92 Å². The third kappa shape index (κ3) is 20.0. The van der Waals surface area contributed by atoms with E-state index in [1.807, 2.05) is 7.98 Å². The average molecular weight is 296 g/mol. The molecule has 2 N–H and O–H groups in total. The van der Waals surface area contributed by atoms with Crippen molar-refractivity contribution in [2.24, 2.45) is 5.84 Å². The number of nitrogens with two attached hydrogens (primary N) is 1. The van der Waals surface area contributed by atoms with E-state index < -0.39 is 0 Å². The second-order valence-electron chi connectivity index (χ2n) is 6.78. The molecule has 3 heteroatoms. The van der Waals surface area contributed by atoms with Gasteiger partial charge in [-0.2, -0.15) is 0 Å². The molecule has 0 fully saturated rings. The van der Waals surface area contributed by atoms with Crippen molar-refractivity contribution in [3.05, 3.63) is 0 Å². The summed E-state index contributed by atoms with van der Waals surface area (Å²) < 4.78 is 0. The highest BCUT2D eigenvalue weighted by Gasteiger charge is 1.95. The van der Waals surface area contributed by atoms with Crippen molar-refractivity contribution >= 4 is 7.98 Å². The van der Waals surface area contributed by atoms with Gasteiger partial charge < -0.3 is 0 Å². The van der Waals surface area contributed by atoms with Crippen LogP contribution in [-0.2, 0) is 0 Å². The second-order valence-corrected chi connectivity index (χ2v) is 6.78. The Bertz CT molecular complexity index is 186. The molecule has 0 aromatic carbocycles. The summed E-state index contributed by atoms with van der Waals surface area (Å²) in [6, 6.07) is 0. The van der Waals surface area contributed by atoms with Crippen molar-refractivity contribution in [1.29, 1.82) is 0 Å². The van der Waals surface area contributed by atoms with Crippen LogP contribution in [0.1, 0.15) is 110 Å². The second kappa shape index (κ2) is 18.0. The largest absolute Gasteiger partial charge is 0.295 e. The Hall–Kier alpha value is -0.0151. The van der Waals surface area contributed by atoms with Gasteiger partial charge in [-0.15, -0.1) is 0 Å². The highest BCUT2D eigenvalue weighted by Crippen LogP contribution is 2.13. The summed E-state index contributed by atoms with van der Waals surface area (Å²) in [6.07, 6.45) is 22.8. The molecule has 0 aromatic rings. The first-order chi connectivity index (χ1) is 10.3. The summed E-state index contributed by atoms with van der Waals surface area (Å²) in [5.74, 6) is 5.59. The van der Waals surface area contributed by atoms with Gasteiger partial charge in [0.15, 0.2) is 0 Å². The molecular formula is C18H41BN2. The number of hydrazine groups is 1. The lowest BCUT2D eigenvalue weighted by molar-refractivity contribution is 0.445. The zero-order valence-corrected chi connectivity index (χ0v) is 15.0. The van der Waals surface area contributed by atoms with Gasteiger partial charge in [0, 0.05) is 0 Å². The van der Waals surface area contributed by atoms with Gasteiger partial charge in [-0.1, -0.05) is 103 Å². The van der Waals surface area contributed by atoms with Crippen LogP contribution in [0.25, 0.3) is 0 Å². The normalized spacial score (nSPS) is 11.4. The summed E-state index contributed by atoms with van der Waals surface area (Å²) in [5, 5.41) is 0. The maximum atomic E-state index is 5.59. The Morgan fingerprint density at radius 2 is 0.857 bits per heavy atom. The Balaban J connectivity index is 2.93. The fourth-order valence-electron chi connectivity index (χ4n) is 2.91. The highest BCUT2D eigenvalue weighted by atomic mass is 15.3. The van der Waals surface area contributed by atoms with Gasteiger partial charge in [0.1, 0.15) is 0 Å². The monoisotopic (exact) mass is 296 g/mol. The lowest BCUT2D eigenvalue weighted by Crippen LogP contribution is -2.28. The smallest absolute Gasteiger partial charge is 0.205 e. The highest BCUT2D eigenvalue weighted by molar-refractivity contribution is 6.03. The van der Waals surface area contributed by atoms with E-state index in [0.29, 0.717) is 0 Å². The first kappa shape index (κ1) is 21.0. The molecule has 0 aliphatic carbocycles. The van der Waals surface area contributed by atoms with Crippen molar-refractivity contribution in [2.45, 2.75) is 110 Å². The molecule has 2 nitrogen and oxygen atoms in total.